The molecule has 0 saturated carbocycles. The van der Waals surface area contributed by atoms with Gasteiger partial charge in [0, 0.05) is 12.6 Å². The van der Waals surface area contributed by atoms with E-state index in [0.29, 0.717) is 12.1 Å². The lowest BCUT2D eigenvalue weighted by Crippen LogP contribution is -2.43. The molecular formula is C15H19ClN2O2S. The van der Waals surface area contributed by atoms with Gasteiger partial charge in [0.1, 0.15) is 4.90 Å². The molecule has 0 spiro atoms. The molecule has 0 radical (unpaired) electrons. The minimum absolute atomic E-state index is 0.0560. The first-order chi connectivity index (χ1) is 10.0. The van der Waals surface area contributed by atoms with Crippen LogP contribution in [0.5, 0.6) is 0 Å². The van der Waals surface area contributed by atoms with Crippen LogP contribution in [-0.2, 0) is 10.0 Å². The molecule has 1 fully saturated rings. The molecule has 1 aliphatic heterocycles. The summed E-state index contributed by atoms with van der Waals surface area (Å²) in [6.45, 7) is 2.61. The second-order valence-corrected chi connectivity index (χ2v) is 7.58. The Balaban J connectivity index is 2.38. The van der Waals surface area contributed by atoms with Gasteiger partial charge in [-0.3, -0.25) is 0 Å². The van der Waals surface area contributed by atoms with Gasteiger partial charge in [-0.25, -0.2) is 8.42 Å². The zero-order chi connectivity index (χ0) is 15.5. The molecule has 0 bridgehead atoms. The Hall–Kier alpha value is -1.09. The van der Waals surface area contributed by atoms with Crippen molar-refractivity contribution in [3.05, 3.63) is 28.8 Å². The summed E-state index contributed by atoms with van der Waals surface area (Å²) in [6.07, 6.45) is 4.68. The summed E-state index contributed by atoms with van der Waals surface area (Å²) in [5.41, 5.74) is 0.364. The van der Waals surface area contributed by atoms with E-state index in [4.69, 9.17) is 16.9 Å². The maximum Gasteiger partial charge on any atom is 0.244 e. The molecule has 1 atom stereocenters. The average Bonchev–Trinajstić information content (AvgIpc) is 2.47. The molecule has 0 aliphatic carbocycles. The molecule has 1 aromatic rings. The number of hydrogen-bond acceptors (Lipinski definition) is 3. The molecule has 1 unspecified atom stereocenters. The first kappa shape index (κ1) is 16.3. The highest BCUT2D eigenvalue weighted by molar-refractivity contribution is 7.89. The lowest BCUT2D eigenvalue weighted by atomic mass is 10.0. The quantitative estimate of drug-likeness (QED) is 0.850. The second-order valence-electron chi connectivity index (χ2n) is 5.31. The predicted octanol–water partition coefficient (Wildman–Crippen LogP) is 3.55. The summed E-state index contributed by atoms with van der Waals surface area (Å²) in [6, 6.07) is 6.36. The minimum atomic E-state index is -3.60. The van der Waals surface area contributed by atoms with E-state index in [-0.39, 0.29) is 16.0 Å². The topological polar surface area (TPSA) is 61.2 Å². The summed E-state index contributed by atoms with van der Waals surface area (Å²) in [7, 11) is -3.60. The summed E-state index contributed by atoms with van der Waals surface area (Å²) in [4.78, 5) is 0.103. The number of hydrogen-bond donors (Lipinski definition) is 0. The van der Waals surface area contributed by atoms with Crippen molar-refractivity contribution >= 4 is 21.6 Å². The molecule has 1 aliphatic rings. The molecule has 21 heavy (non-hydrogen) atoms. The highest BCUT2D eigenvalue weighted by atomic mass is 35.5. The normalized spacial score (nSPS) is 20.1. The van der Waals surface area contributed by atoms with Crippen molar-refractivity contribution in [2.45, 2.75) is 50.0 Å². The molecule has 1 aromatic carbocycles. The Morgan fingerprint density at radius 1 is 1.43 bits per heavy atom. The number of piperidine rings is 1. The summed E-state index contributed by atoms with van der Waals surface area (Å²) >= 11 is 6.08. The van der Waals surface area contributed by atoms with E-state index in [1.807, 2.05) is 6.07 Å². The Morgan fingerprint density at radius 2 is 2.19 bits per heavy atom. The minimum Gasteiger partial charge on any atom is -0.207 e. The molecule has 6 heteroatoms. The molecule has 0 amide bonds. The van der Waals surface area contributed by atoms with E-state index < -0.39 is 10.0 Å². The van der Waals surface area contributed by atoms with Gasteiger partial charge in [-0.2, -0.15) is 9.57 Å². The Labute approximate surface area is 131 Å². The van der Waals surface area contributed by atoms with Crippen molar-refractivity contribution in [1.29, 1.82) is 5.26 Å². The van der Waals surface area contributed by atoms with Gasteiger partial charge in [0.05, 0.1) is 16.7 Å². The number of sulfonamides is 1. The lowest BCUT2D eigenvalue weighted by Gasteiger charge is -2.34. The van der Waals surface area contributed by atoms with Crippen LogP contribution in [0.3, 0.4) is 0 Å². The van der Waals surface area contributed by atoms with Crippen molar-refractivity contribution < 1.29 is 8.42 Å². The second kappa shape index (κ2) is 6.78. The van der Waals surface area contributed by atoms with Crippen LogP contribution in [0.4, 0.5) is 0 Å². The number of nitrogens with zero attached hydrogens (tertiary/aromatic N) is 2. The fourth-order valence-electron chi connectivity index (χ4n) is 2.82. The Morgan fingerprint density at radius 3 is 2.81 bits per heavy atom. The maximum atomic E-state index is 12.9. The smallest absolute Gasteiger partial charge is 0.207 e. The van der Waals surface area contributed by atoms with Gasteiger partial charge in [0.2, 0.25) is 10.0 Å². The Bertz CT molecular complexity index is 650. The van der Waals surface area contributed by atoms with Crippen LogP contribution in [-0.4, -0.2) is 25.3 Å². The first-order valence-corrected chi connectivity index (χ1v) is 9.04. The van der Waals surface area contributed by atoms with E-state index in [1.165, 1.54) is 18.2 Å². The van der Waals surface area contributed by atoms with Crippen molar-refractivity contribution in [1.82, 2.24) is 4.31 Å². The van der Waals surface area contributed by atoms with Gasteiger partial charge >= 0.3 is 0 Å². The van der Waals surface area contributed by atoms with Gasteiger partial charge in [-0.05, 0) is 37.5 Å². The summed E-state index contributed by atoms with van der Waals surface area (Å²) in [5, 5.41) is 8.97. The predicted molar refractivity (Wildman–Crippen MR) is 82.6 cm³/mol. The first-order valence-electron chi connectivity index (χ1n) is 7.22. The summed E-state index contributed by atoms with van der Waals surface area (Å²) in [5.74, 6) is 0. The van der Waals surface area contributed by atoms with E-state index in [0.717, 1.165) is 32.1 Å². The highest BCUT2D eigenvalue weighted by Gasteiger charge is 2.34. The van der Waals surface area contributed by atoms with E-state index >= 15 is 0 Å². The van der Waals surface area contributed by atoms with Crippen LogP contribution in [0.2, 0.25) is 5.02 Å². The maximum absolute atomic E-state index is 12.9. The molecule has 1 saturated heterocycles. The van der Waals surface area contributed by atoms with Crippen LogP contribution < -0.4 is 0 Å². The highest BCUT2D eigenvalue weighted by Crippen LogP contribution is 2.31. The van der Waals surface area contributed by atoms with Gasteiger partial charge < -0.3 is 0 Å². The van der Waals surface area contributed by atoms with Crippen LogP contribution in [0.25, 0.3) is 0 Å². The lowest BCUT2D eigenvalue weighted by molar-refractivity contribution is 0.239. The average molecular weight is 327 g/mol. The molecule has 0 N–H and O–H groups in total. The van der Waals surface area contributed by atoms with E-state index in [9.17, 15) is 8.42 Å². The zero-order valence-corrected chi connectivity index (χ0v) is 13.6. The number of rotatable bonds is 4. The fraction of sp³-hybridized carbons (Fsp3) is 0.533. The van der Waals surface area contributed by atoms with Crippen LogP contribution in [0, 0.1) is 11.3 Å². The van der Waals surface area contributed by atoms with E-state index in [1.54, 1.807) is 4.31 Å². The van der Waals surface area contributed by atoms with Crippen molar-refractivity contribution in [3.8, 4) is 6.07 Å². The third kappa shape index (κ3) is 3.39. The van der Waals surface area contributed by atoms with Gasteiger partial charge in [-0.15, -0.1) is 0 Å². The zero-order valence-electron chi connectivity index (χ0n) is 12.0. The monoisotopic (exact) mass is 326 g/mol. The fourth-order valence-corrected chi connectivity index (χ4v) is 5.06. The van der Waals surface area contributed by atoms with Crippen LogP contribution in [0.15, 0.2) is 23.1 Å². The molecule has 114 valence electrons. The van der Waals surface area contributed by atoms with Crippen molar-refractivity contribution in [3.63, 3.8) is 0 Å². The van der Waals surface area contributed by atoms with Crippen molar-refractivity contribution in [2.75, 3.05) is 6.54 Å². The van der Waals surface area contributed by atoms with Gasteiger partial charge in [0.15, 0.2) is 0 Å². The molecule has 1 heterocycles. The van der Waals surface area contributed by atoms with Crippen LogP contribution >= 0.6 is 11.6 Å². The Kier molecular flexibility index (Phi) is 5.26. The third-order valence-corrected chi connectivity index (χ3v) is 6.28. The largest absolute Gasteiger partial charge is 0.244 e. The van der Waals surface area contributed by atoms with Gasteiger partial charge in [-0.1, -0.05) is 31.4 Å². The number of nitriles is 1. The van der Waals surface area contributed by atoms with E-state index in [2.05, 4.69) is 6.92 Å². The molecular weight excluding hydrogens is 308 g/mol. The standard InChI is InChI=1S/C15H19ClN2O2S/c1-2-5-13-6-3-4-9-18(13)21(19,20)15-8-7-12(11-17)10-14(15)16/h7-8,10,13H,2-6,9H2,1H3. The third-order valence-electron chi connectivity index (χ3n) is 3.84. The van der Waals surface area contributed by atoms with Crippen molar-refractivity contribution in [2.24, 2.45) is 0 Å². The van der Waals surface area contributed by atoms with Gasteiger partial charge in [0.25, 0.3) is 0 Å². The number of halogens is 1. The molecule has 2 rings (SSSR count). The van der Waals surface area contributed by atoms with Crippen LogP contribution in [0.1, 0.15) is 44.6 Å². The molecule has 4 nitrogen and oxygen atoms in total. The SMILES string of the molecule is CCCC1CCCCN1S(=O)(=O)c1ccc(C#N)cc1Cl. The summed E-state index contributed by atoms with van der Waals surface area (Å²) < 4.78 is 27.3. The molecule has 0 aromatic heterocycles. The number of benzene rings is 1.